The number of ether oxygens (including phenoxy) is 1. The smallest absolute Gasteiger partial charge is 0.224 e. The van der Waals surface area contributed by atoms with Crippen LogP contribution in [0.25, 0.3) is 0 Å². The summed E-state index contributed by atoms with van der Waals surface area (Å²) in [5.41, 5.74) is 1.37. The first kappa shape index (κ1) is 17.4. The van der Waals surface area contributed by atoms with E-state index in [0.717, 1.165) is 51.9 Å². The molecular weight excluding hydrogens is 304 g/mol. The van der Waals surface area contributed by atoms with Crippen molar-refractivity contribution in [2.24, 2.45) is 0 Å². The minimum atomic E-state index is 0.175. The number of hydrogen-bond donors (Lipinski definition) is 0. The van der Waals surface area contributed by atoms with E-state index in [2.05, 4.69) is 24.3 Å². The SMILES string of the molecule is O=C(CCN1CCCO1)N1CCO[C@H](CCCc2ccccc2)C1. The van der Waals surface area contributed by atoms with Crippen molar-refractivity contribution >= 4 is 5.91 Å². The molecule has 5 nitrogen and oxygen atoms in total. The minimum Gasteiger partial charge on any atom is -0.375 e. The molecule has 2 fully saturated rings. The Hall–Kier alpha value is -1.43. The zero-order valence-electron chi connectivity index (χ0n) is 14.4. The molecule has 5 heteroatoms. The van der Waals surface area contributed by atoms with Crippen molar-refractivity contribution in [3.8, 4) is 0 Å². The minimum absolute atomic E-state index is 0.175. The van der Waals surface area contributed by atoms with E-state index in [9.17, 15) is 4.79 Å². The predicted octanol–water partition coefficient (Wildman–Crippen LogP) is 2.26. The maximum atomic E-state index is 12.4. The lowest BCUT2D eigenvalue weighted by Crippen LogP contribution is -2.46. The lowest BCUT2D eigenvalue weighted by molar-refractivity contribution is -0.145. The van der Waals surface area contributed by atoms with E-state index in [1.807, 2.05) is 16.0 Å². The van der Waals surface area contributed by atoms with Gasteiger partial charge in [-0.15, -0.1) is 0 Å². The highest BCUT2D eigenvalue weighted by atomic mass is 16.7. The number of hydrogen-bond acceptors (Lipinski definition) is 4. The van der Waals surface area contributed by atoms with Crippen molar-refractivity contribution in [3.05, 3.63) is 35.9 Å². The van der Waals surface area contributed by atoms with Crippen LogP contribution in [0.1, 0.15) is 31.2 Å². The van der Waals surface area contributed by atoms with E-state index in [4.69, 9.17) is 9.57 Å². The Morgan fingerprint density at radius 2 is 2.04 bits per heavy atom. The van der Waals surface area contributed by atoms with Gasteiger partial charge in [0.1, 0.15) is 0 Å². The number of hydroxylamine groups is 2. The lowest BCUT2D eigenvalue weighted by atomic mass is 10.0. The van der Waals surface area contributed by atoms with E-state index < -0.39 is 0 Å². The Labute approximate surface area is 144 Å². The maximum Gasteiger partial charge on any atom is 0.224 e. The van der Waals surface area contributed by atoms with Crippen molar-refractivity contribution in [1.82, 2.24) is 9.96 Å². The van der Waals surface area contributed by atoms with Crippen LogP contribution in [-0.2, 0) is 20.8 Å². The third-order valence-electron chi connectivity index (χ3n) is 4.73. The molecule has 2 aliphatic heterocycles. The molecule has 0 aliphatic carbocycles. The number of benzene rings is 1. The monoisotopic (exact) mass is 332 g/mol. The summed E-state index contributed by atoms with van der Waals surface area (Å²) in [6.07, 6.45) is 4.95. The van der Waals surface area contributed by atoms with Gasteiger partial charge in [-0.05, 0) is 31.2 Å². The van der Waals surface area contributed by atoms with Crippen molar-refractivity contribution in [2.45, 2.75) is 38.2 Å². The summed E-state index contributed by atoms with van der Waals surface area (Å²) in [5, 5.41) is 1.91. The fraction of sp³-hybridized carbons (Fsp3) is 0.632. The van der Waals surface area contributed by atoms with E-state index in [1.54, 1.807) is 0 Å². The summed E-state index contributed by atoms with van der Waals surface area (Å²) < 4.78 is 5.85. The van der Waals surface area contributed by atoms with Crippen molar-refractivity contribution in [2.75, 3.05) is 39.4 Å². The van der Waals surface area contributed by atoms with Gasteiger partial charge in [0.05, 0.1) is 19.3 Å². The van der Waals surface area contributed by atoms with Crippen LogP contribution in [0.15, 0.2) is 30.3 Å². The Morgan fingerprint density at radius 1 is 1.17 bits per heavy atom. The second-order valence-electron chi connectivity index (χ2n) is 6.58. The molecule has 24 heavy (non-hydrogen) atoms. The van der Waals surface area contributed by atoms with Gasteiger partial charge in [-0.3, -0.25) is 9.63 Å². The van der Waals surface area contributed by atoms with Crippen LogP contribution in [0, 0.1) is 0 Å². The topological polar surface area (TPSA) is 42.0 Å². The van der Waals surface area contributed by atoms with Gasteiger partial charge in [-0.1, -0.05) is 30.3 Å². The third kappa shape index (κ3) is 5.30. The fourth-order valence-electron chi connectivity index (χ4n) is 3.35. The number of rotatable bonds is 7. The highest BCUT2D eigenvalue weighted by Gasteiger charge is 2.24. The molecule has 0 aromatic heterocycles. The summed E-state index contributed by atoms with van der Waals surface area (Å²) in [6, 6.07) is 10.5. The van der Waals surface area contributed by atoms with Gasteiger partial charge >= 0.3 is 0 Å². The maximum absolute atomic E-state index is 12.4. The highest BCUT2D eigenvalue weighted by Crippen LogP contribution is 2.14. The highest BCUT2D eigenvalue weighted by molar-refractivity contribution is 5.76. The normalized spacial score (nSPS) is 22.0. The Bertz CT molecular complexity index is 503. The molecular formula is C19H28N2O3. The zero-order chi connectivity index (χ0) is 16.6. The van der Waals surface area contributed by atoms with E-state index >= 15 is 0 Å². The predicted molar refractivity (Wildman–Crippen MR) is 92.5 cm³/mol. The number of nitrogens with zero attached hydrogens (tertiary/aromatic N) is 2. The molecule has 2 saturated heterocycles. The molecule has 132 valence electrons. The molecule has 1 atom stereocenters. The fourth-order valence-corrected chi connectivity index (χ4v) is 3.35. The van der Waals surface area contributed by atoms with Crippen LogP contribution >= 0.6 is 0 Å². The van der Waals surface area contributed by atoms with Crippen LogP contribution in [0.2, 0.25) is 0 Å². The Balaban J connectivity index is 1.36. The molecule has 0 saturated carbocycles. The first-order chi connectivity index (χ1) is 11.8. The van der Waals surface area contributed by atoms with E-state index in [1.165, 1.54) is 5.56 Å². The summed E-state index contributed by atoms with van der Waals surface area (Å²) in [7, 11) is 0. The first-order valence-electron chi connectivity index (χ1n) is 9.12. The number of carbonyl (C=O) groups is 1. The first-order valence-corrected chi connectivity index (χ1v) is 9.12. The van der Waals surface area contributed by atoms with Gasteiger partial charge in [0, 0.05) is 32.6 Å². The molecule has 2 aliphatic rings. The van der Waals surface area contributed by atoms with Crippen LogP contribution in [0.5, 0.6) is 0 Å². The van der Waals surface area contributed by atoms with Gasteiger partial charge in [0.2, 0.25) is 5.91 Å². The van der Waals surface area contributed by atoms with Crippen LogP contribution in [0.3, 0.4) is 0 Å². The van der Waals surface area contributed by atoms with Crippen molar-refractivity contribution in [3.63, 3.8) is 0 Å². The molecule has 0 spiro atoms. The summed E-state index contributed by atoms with van der Waals surface area (Å²) in [5.74, 6) is 0.224. The van der Waals surface area contributed by atoms with Crippen LogP contribution in [0.4, 0.5) is 0 Å². The quantitative estimate of drug-likeness (QED) is 0.768. The molecule has 1 amide bonds. The summed E-state index contributed by atoms with van der Waals surface area (Å²) >= 11 is 0. The van der Waals surface area contributed by atoms with Crippen molar-refractivity contribution in [1.29, 1.82) is 0 Å². The van der Waals surface area contributed by atoms with Crippen LogP contribution in [-0.4, -0.2) is 61.4 Å². The van der Waals surface area contributed by atoms with Gasteiger partial charge < -0.3 is 9.64 Å². The van der Waals surface area contributed by atoms with Gasteiger partial charge in [0.15, 0.2) is 0 Å². The van der Waals surface area contributed by atoms with Gasteiger partial charge in [-0.2, -0.15) is 5.06 Å². The molecule has 0 radical (unpaired) electrons. The molecule has 3 rings (SSSR count). The van der Waals surface area contributed by atoms with Gasteiger partial charge in [-0.25, -0.2) is 0 Å². The second-order valence-corrected chi connectivity index (χ2v) is 6.58. The zero-order valence-corrected chi connectivity index (χ0v) is 14.4. The molecule has 2 heterocycles. The van der Waals surface area contributed by atoms with E-state index in [-0.39, 0.29) is 12.0 Å². The largest absolute Gasteiger partial charge is 0.375 e. The molecule has 1 aromatic rings. The average Bonchev–Trinajstić information content (AvgIpc) is 3.14. The summed E-state index contributed by atoms with van der Waals surface area (Å²) in [6.45, 7) is 4.54. The molecule has 0 bridgehead atoms. The Kier molecular flexibility index (Phi) is 6.64. The third-order valence-corrected chi connectivity index (χ3v) is 4.73. The number of aryl methyl sites for hydroxylation is 1. The molecule has 1 aromatic carbocycles. The lowest BCUT2D eigenvalue weighted by Gasteiger charge is -2.33. The molecule has 0 N–H and O–H groups in total. The van der Waals surface area contributed by atoms with E-state index in [0.29, 0.717) is 19.6 Å². The standard InChI is InChI=1S/C19H28N2O3/c22-19(10-12-21-11-5-14-24-21)20-13-15-23-18(16-20)9-4-8-17-6-2-1-3-7-17/h1-3,6-7,18H,4-5,8-16H2/t18-/m1/s1. The number of morpholine rings is 1. The van der Waals surface area contributed by atoms with Crippen molar-refractivity contribution < 1.29 is 14.4 Å². The summed E-state index contributed by atoms with van der Waals surface area (Å²) in [4.78, 5) is 19.8. The van der Waals surface area contributed by atoms with Gasteiger partial charge in [0.25, 0.3) is 0 Å². The second kappa shape index (κ2) is 9.16. The van der Waals surface area contributed by atoms with Crippen LogP contribution < -0.4 is 0 Å². The number of amides is 1. The Morgan fingerprint density at radius 3 is 2.83 bits per heavy atom. The molecule has 0 unspecified atom stereocenters. The number of carbonyl (C=O) groups excluding carboxylic acids is 1. The average molecular weight is 332 g/mol.